The van der Waals surface area contributed by atoms with Crippen molar-refractivity contribution >= 4 is 64.7 Å². The lowest BCUT2D eigenvalue weighted by Gasteiger charge is -2.21. The zero-order valence-corrected chi connectivity index (χ0v) is 28.4. The molecule has 2 aromatic carbocycles. The normalized spacial score (nSPS) is 11.3. The third kappa shape index (κ3) is 10.4. The lowest BCUT2D eigenvalue weighted by atomic mass is 10.1. The number of ether oxygens (including phenoxy) is 5. The quantitative estimate of drug-likeness (QED) is 0.0953. The van der Waals surface area contributed by atoms with Crippen molar-refractivity contribution < 1.29 is 46.9 Å². The number of fused-ring (bicyclic) bond motifs is 2. The molecule has 2 aromatic heterocycles. The van der Waals surface area contributed by atoms with Crippen LogP contribution in [0, 0.1) is 0 Å². The summed E-state index contributed by atoms with van der Waals surface area (Å²) in [6.07, 6.45) is 0.555. The highest BCUT2D eigenvalue weighted by Gasteiger charge is 2.24. The highest BCUT2D eigenvalue weighted by Crippen LogP contribution is 2.26. The molecule has 0 radical (unpaired) electrons. The van der Waals surface area contributed by atoms with E-state index in [0.717, 1.165) is 12.1 Å². The molecule has 4 N–H and O–H groups in total. The van der Waals surface area contributed by atoms with Gasteiger partial charge < -0.3 is 44.0 Å². The van der Waals surface area contributed by atoms with E-state index in [1.165, 1.54) is 24.3 Å². The van der Waals surface area contributed by atoms with Crippen molar-refractivity contribution in [3.8, 4) is 11.5 Å². The fourth-order valence-corrected chi connectivity index (χ4v) is 4.56. The Bertz CT molecular complexity index is 1740. The zero-order chi connectivity index (χ0) is 33.9. The summed E-state index contributed by atoms with van der Waals surface area (Å²) in [7, 11) is 0. The van der Waals surface area contributed by atoms with E-state index in [1.807, 2.05) is 0 Å². The standard InChI is InChI=1S/C33H36N2O12.2ClH/c1-3-41-32(39)27-15-21(36)29-23(10-7-12-25(29)46-27)43-17-19(45-31(38)20(35)9-5-6-14-34)18-44-24-11-8-13-26-30(24)22(37)16-28(47-26)33(40)42-4-2;;/h7-8,10-13,15-16,19-20H,3-6,9,14,17-18,34-35H2,1-2H3;2*1H. The van der Waals surface area contributed by atoms with Crippen LogP contribution in [0.3, 0.4) is 0 Å². The Morgan fingerprint density at radius 1 is 0.755 bits per heavy atom. The second-order valence-electron chi connectivity index (χ2n) is 10.2. The van der Waals surface area contributed by atoms with Crippen LogP contribution in [0.4, 0.5) is 0 Å². The molecule has 0 aliphatic carbocycles. The molecule has 4 aromatic rings. The van der Waals surface area contributed by atoms with Crippen molar-refractivity contribution in [2.45, 2.75) is 45.3 Å². The lowest BCUT2D eigenvalue weighted by molar-refractivity contribution is -0.154. The van der Waals surface area contributed by atoms with Gasteiger partial charge in [-0.25, -0.2) is 9.59 Å². The lowest BCUT2D eigenvalue weighted by Crippen LogP contribution is -2.39. The van der Waals surface area contributed by atoms with Crippen LogP contribution in [0.1, 0.15) is 54.2 Å². The third-order valence-electron chi connectivity index (χ3n) is 6.79. The van der Waals surface area contributed by atoms with Gasteiger partial charge in [-0.3, -0.25) is 14.4 Å². The van der Waals surface area contributed by atoms with Crippen LogP contribution in [-0.4, -0.2) is 63.0 Å². The van der Waals surface area contributed by atoms with E-state index in [9.17, 15) is 24.0 Å². The Morgan fingerprint density at radius 2 is 1.22 bits per heavy atom. The highest BCUT2D eigenvalue weighted by atomic mass is 35.5. The minimum Gasteiger partial charge on any atom is -0.489 e. The molecule has 4 rings (SSSR count). The van der Waals surface area contributed by atoms with Gasteiger partial charge in [0.15, 0.2) is 17.0 Å². The number of hydrogen-bond acceptors (Lipinski definition) is 14. The molecular weight excluding hydrogens is 687 g/mol. The molecule has 0 saturated carbocycles. The Balaban J connectivity index is 0.00000417. The van der Waals surface area contributed by atoms with Gasteiger partial charge in [-0.05, 0) is 57.5 Å². The van der Waals surface area contributed by atoms with Crippen molar-refractivity contribution in [1.82, 2.24) is 0 Å². The van der Waals surface area contributed by atoms with Crippen LogP contribution in [0.25, 0.3) is 21.9 Å². The van der Waals surface area contributed by atoms with Crippen molar-refractivity contribution in [2.24, 2.45) is 11.5 Å². The average molecular weight is 726 g/mol. The first-order valence-corrected chi connectivity index (χ1v) is 15.1. The van der Waals surface area contributed by atoms with Crippen LogP contribution in [0.2, 0.25) is 0 Å². The van der Waals surface area contributed by atoms with Crippen molar-refractivity contribution in [2.75, 3.05) is 33.0 Å². The Morgan fingerprint density at radius 3 is 1.65 bits per heavy atom. The summed E-state index contributed by atoms with van der Waals surface area (Å²) < 4.78 is 38.5. The first-order chi connectivity index (χ1) is 22.7. The molecule has 49 heavy (non-hydrogen) atoms. The molecule has 14 nitrogen and oxygen atoms in total. The fourth-order valence-electron chi connectivity index (χ4n) is 4.56. The van der Waals surface area contributed by atoms with E-state index in [0.29, 0.717) is 25.8 Å². The first kappa shape index (κ1) is 40.5. The van der Waals surface area contributed by atoms with Crippen LogP contribution >= 0.6 is 24.8 Å². The molecule has 0 saturated heterocycles. The number of unbranched alkanes of at least 4 members (excludes halogenated alkanes) is 1. The monoisotopic (exact) mass is 724 g/mol. The Kier molecular flexibility index (Phi) is 16.0. The molecule has 0 fully saturated rings. The molecule has 0 amide bonds. The van der Waals surface area contributed by atoms with E-state index < -0.39 is 40.9 Å². The predicted molar refractivity (Wildman–Crippen MR) is 183 cm³/mol. The molecular formula is C33H38Cl2N2O12. The fraction of sp³-hybridized carbons (Fsp3) is 0.364. The molecule has 1 unspecified atom stereocenters. The molecule has 0 bridgehead atoms. The molecule has 0 aliphatic heterocycles. The molecule has 1 atom stereocenters. The maximum atomic E-state index is 13.0. The molecule has 2 heterocycles. The van der Waals surface area contributed by atoms with Gasteiger partial charge in [0.2, 0.25) is 11.5 Å². The summed E-state index contributed by atoms with van der Waals surface area (Å²) in [5.74, 6) is -2.63. The number of carbonyl (C=O) groups excluding carboxylic acids is 3. The van der Waals surface area contributed by atoms with Gasteiger partial charge in [-0.1, -0.05) is 18.6 Å². The Labute approximate surface area is 292 Å². The number of hydrogen-bond donors (Lipinski definition) is 2. The summed E-state index contributed by atoms with van der Waals surface area (Å²) in [6, 6.07) is 10.2. The zero-order valence-electron chi connectivity index (χ0n) is 26.8. The third-order valence-corrected chi connectivity index (χ3v) is 6.79. The van der Waals surface area contributed by atoms with E-state index in [1.54, 1.807) is 26.0 Å². The van der Waals surface area contributed by atoms with Gasteiger partial charge in [0.05, 0.1) is 13.2 Å². The van der Waals surface area contributed by atoms with Crippen LogP contribution < -0.4 is 31.8 Å². The average Bonchev–Trinajstić information content (AvgIpc) is 3.05. The van der Waals surface area contributed by atoms with Gasteiger partial charge in [0.1, 0.15) is 52.7 Å². The van der Waals surface area contributed by atoms with E-state index in [2.05, 4.69) is 0 Å². The number of rotatable bonds is 16. The number of carbonyl (C=O) groups is 3. The van der Waals surface area contributed by atoms with Crippen LogP contribution in [0.15, 0.2) is 67.0 Å². The van der Waals surface area contributed by atoms with Crippen LogP contribution in [0.5, 0.6) is 11.5 Å². The number of esters is 3. The van der Waals surface area contributed by atoms with Gasteiger partial charge in [-0.2, -0.15) is 0 Å². The number of nitrogens with two attached hydrogens (primary N) is 2. The maximum absolute atomic E-state index is 13.0. The second kappa shape index (κ2) is 19.4. The number of halogens is 2. The second-order valence-corrected chi connectivity index (χ2v) is 10.2. The van der Waals surface area contributed by atoms with Gasteiger partial charge >= 0.3 is 17.9 Å². The first-order valence-electron chi connectivity index (χ1n) is 15.1. The van der Waals surface area contributed by atoms with E-state index in [-0.39, 0.29) is 96.2 Å². The van der Waals surface area contributed by atoms with E-state index >= 15 is 0 Å². The van der Waals surface area contributed by atoms with Crippen molar-refractivity contribution in [3.63, 3.8) is 0 Å². The topological polar surface area (TPSA) is 210 Å². The van der Waals surface area contributed by atoms with E-state index in [4.69, 9.17) is 44.0 Å². The summed E-state index contributed by atoms with van der Waals surface area (Å²) in [6.45, 7) is 3.30. The maximum Gasteiger partial charge on any atom is 0.374 e. The number of benzene rings is 2. The summed E-state index contributed by atoms with van der Waals surface area (Å²) in [4.78, 5) is 63.1. The summed E-state index contributed by atoms with van der Waals surface area (Å²) >= 11 is 0. The molecule has 0 spiro atoms. The van der Waals surface area contributed by atoms with Gasteiger partial charge in [-0.15, -0.1) is 24.8 Å². The summed E-state index contributed by atoms with van der Waals surface area (Å²) in [5, 5.41) is 0.100. The molecule has 16 heteroatoms. The van der Waals surface area contributed by atoms with Gasteiger partial charge in [0, 0.05) is 12.1 Å². The highest BCUT2D eigenvalue weighted by molar-refractivity contribution is 5.91. The summed E-state index contributed by atoms with van der Waals surface area (Å²) in [5.41, 5.74) is 10.6. The van der Waals surface area contributed by atoms with Crippen molar-refractivity contribution in [3.05, 3.63) is 80.5 Å². The van der Waals surface area contributed by atoms with Gasteiger partial charge in [0.25, 0.3) is 0 Å². The largest absolute Gasteiger partial charge is 0.489 e. The smallest absolute Gasteiger partial charge is 0.374 e. The van der Waals surface area contributed by atoms with Crippen molar-refractivity contribution in [1.29, 1.82) is 0 Å². The molecule has 0 aliphatic rings. The van der Waals surface area contributed by atoms with Crippen LogP contribution in [-0.2, 0) is 19.0 Å². The Hall–Kier alpha value is -4.63. The minimum absolute atomic E-state index is 0. The molecule has 266 valence electrons. The SMILES string of the molecule is CCOC(=O)c1cc(=O)c2c(OCC(COc3cccc4oc(C(=O)OCC)cc(=O)c34)OC(=O)C(N)CCCCN)cccc2o1.Cl.Cl. The predicted octanol–water partition coefficient (Wildman–Crippen LogP) is 3.92. The minimum atomic E-state index is -1.08.